The third-order valence-electron chi connectivity index (χ3n) is 2.23. The van der Waals surface area contributed by atoms with E-state index < -0.39 is 0 Å². The lowest BCUT2D eigenvalue weighted by Crippen LogP contribution is -2.28. The Hall–Kier alpha value is -0.990. The molecule has 0 fully saturated rings. The van der Waals surface area contributed by atoms with E-state index in [0.29, 0.717) is 17.9 Å². The maximum absolute atomic E-state index is 4.64. The van der Waals surface area contributed by atoms with Gasteiger partial charge in [-0.05, 0) is 25.7 Å². The van der Waals surface area contributed by atoms with Crippen LogP contribution in [-0.4, -0.2) is 23.2 Å². The van der Waals surface area contributed by atoms with Crippen LogP contribution >= 0.6 is 0 Å². The summed E-state index contributed by atoms with van der Waals surface area (Å²) in [5, 5.41) is 8.49. The number of hydrogen-bond acceptors (Lipinski definition) is 3. The summed E-state index contributed by atoms with van der Waals surface area (Å²) >= 11 is 0. The van der Waals surface area contributed by atoms with Gasteiger partial charge in [0.1, 0.15) is 5.71 Å². The molecule has 1 rings (SSSR count). The molecule has 0 radical (unpaired) electrons. The lowest BCUT2D eigenvalue weighted by molar-refractivity contribution is 0.832. The molecule has 0 amide bonds. The molecule has 0 atom stereocenters. The van der Waals surface area contributed by atoms with Crippen molar-refractivity contribution in [3.8, 4) is 0 Å². The van der Waals surface area contributed by atoms with Gasteiger partial charge in [0, 0.05) is 6.04 Å². The second-order valence-corrected chi connectivity index (χ2v) is 4.85. The maximum atomic E-state index is 4.64. The molecule has 0 aromatic rings. The molecule has 0 saturated heterocycles. The number of hydrogen-bond donors (Lipinski definition) is 0. The number of nitrogens with zero attached hydrogens (tertiary/aromatic N) is 3. The van der Waals surface area contributed by atoms with Crippen LogP contribution in [0.1, 0.15) is 41.5 Å². The minimum absolute atomic E-state index is 0.297. The van der Waals surface area contributed by atoms with Crippen molar-refractivity contribution in [2.45, 2.75) is 47.6 Å². The van der Waals surface area contributed by atoms with Gasteiger partial charge >= 0.3 is 0 Å². The molecule has 1 aliphatic rings. The van der Waals surface area contributed by atoms with E-state index in [1.165, 1.54) is 0 Å². The molecular weight excluding hydrogens is 186 g/mol. The Labute approximate surface area is 92.4 Å². The first-order chi connectivity index (χ1) is 6.93. The van der Waals surface area contributed by atoms with Gasteiger partial charge in [0.15, 0.2) is 0 Å². The van der Waals surface area contributed by atoms with Gasteiger partial charge in [-0.1, -0.05) is 27.7 Å². The van der Waals surface area contributed by atoms with Crippen molar-refractivity contribution in [3.63, 3.8) is 0 Å². The number of rotatable bonds is 3. The van der Waals surface area contributed by atoms with E-state index in [2.05, 4.69) is 56.7 Å². The van der Waals surface area contributed by atoms with Crippen molar-refractivity contribution in [3.05, 3.63) is 0 Å². The average molecular weight is 207 g/mol. The van der Waals surface area contributed by atoms with Gasteiger partial charge in [-0.2, -0.15) is 10.2 Å². The lowest BCUT2D eigenvalue weighted by Gasteiger charge is -2.11. The largest absolute Gasteiger partial charge is 0.279 e. The molecule has 3 nitrogen and oxygen atoms in total. The van der Waals surface area contributed by atoms with Crippen molar-refractivity contribution in [1.82, 2.24) is 0 Å². The van der Waals surface area contributed by atoms with Crippen molar-refractivity contribution in [2.24, 2.45) is 27.0 Å². The minimum atomic E-state index is 0.297. The van der Waals surface area contributed by atoms with Gasteiger partial charge in [-0.25, -0.2) is 0 Å². The van der Waals surface area contributed by atoms with E-state index in [1.807, 2.05) is 0 Å². The zero-order valence-corrected chi connectivity index (χ0v) is 10.6. The molecule has 0 N–H and O–H groups in total. The van der Waals surface area contributed by atoms with Gasteiger partial charge in [0.05, 0.1) is 11.4 Å². The minimum Gasteiger partial charge on any atom is -0.279 e. The van der Waals surface area contributed by atoms with Gasteiger partial charge < -0.3 is 0 Å². The summed E-state index contributed by atoms with van der Waals surface area (Å²) in [4.78, 5) is 4.64. The smallest absolute Gasteiger partial charge is 0.105 e. The summed E-state index contributed by atoms with van der Waals surface area (Å²) in [6.07, 6.45) is 0. The Bertz CT molecular complexity index is 294. The maximum Gasteiger partial charge on any atom is 0.105 e. The summed E-state index contributed by atoms with van der Waals surface area (Å²) < 4.78 is 0. The highest BCUT2D eigenvalue weighted by Crippen LogP contribution is 2.14. The zero-order chi connectivity index (χ0) is 11.6. The van der Waals surface area contributed by atoms with E-state index >= 15 is 0 Å². The molecule has 1 aliphatic heterocycles. The molecule has 0 aromatic heterocycles. The molecule has 0 saturated carbocycles. The van der Waals surface area contributed by atoms with Gasteiger partial charge in [0.25, 0.3) is 0 Å². The molecule has 3 heteroatoms. The molecule has 0 unspecified atom stereocenters. The van der Waals surface area contributed by atoms with Crippen molar-refractivity contribution >= 4 is 17.1 Å². The summed E-state index contributed by atoms with van der Waals surface area (Å²) in [5.74, 6) is 0.782. The van der Waals surface area contributed by atoms with Crippen LogP contribution in [0, 0.1) is 11.8 Å². The van der Waals surface area contributed by atoms with Crippen LogP contribution in [-0.2, 0) is 0 Å². The normalized spacial score (nSPS) is 16.5. The Kier molecular flexibility index (Phi) is 3.77. The van der Waals surface area contributed by atoms with Crippen LogP contribution in [0.4, 0.5) is 0 Å². The number of aliphatic imine (C=N–C) groups is 1. The van der Waals surface area contributed by atoms with Crippen LogP contribution in [0.5, 0.6) is 0 Å². The standard InChI is InChI=1S/C12H21N3/c1-7(2)10-12(13-9(5)6)11(8(3)4)15-14-10/h7-9H,1-6H3. The van der Waals surface area contributed by atoms with Gasteiger partial charge in [0.2, 0.25) is 0 Å². The first kappa shape index (κ1) is 12.1. The molecule has 0 aliphatic carbocycles. The summed E-state index contributed by atoms with van der Waals surface area (Å²) in [6.45, 7) is 12.7. The van der Waals surface area contributed by atoms with Crippen molar-refractivity contribution in [1.29, 1.82) is 0 Å². The summed E-state index contributed by atoms with van der Waals surface area (Å²) in [7, 11) is 0. The van der Waals surface area contributed by atoms with Crippen LogP contribution < -0.4 is 0 Å². The summed E-state index contributed by atoms with van der Waals surface area (Å²) in [6, 6.07) is 0.297. The third-order valence-corrected chi connectivity index (χ3v) is 2.23. The van der Waals surface area contributed by atoms with Gasteiger partial charge in [-0.3, -0.25) is 4.99 Å². The predicted molar refractivity (Wildman–Crippen MR) is 67.1 cm³/mol. The summed E-state index contributed by atoms with van der Waals surface area (Å²) in [5.41, 5.74) is 3.09. The Morgan fingerprint density at radius 3 is 1.47 bits per heavy atom. The van der Waals surface area contributed by atoms with Crippen LogP contribution in [0.3, 0.4) is 0 Å². The first-order valence-electron chi connectivity index (χ1n) is 5.67. The molecular formula is C12H21N3. The SMILES string of the molecule is CC(C)N=C1C(C(C)C)=NN=C1C(C)C. The Morgan fingerprint density at radius 2 is 1.20 bits per heavy atom. The van der Waals surface area contributed by atoms with E-state index in [-0.39, 0.29) is 0 Å². The highest BCUT2D eigenvalue weighted by molar-refractivity contribution is 6.70. The topological polar surface area (TPSA) is 37.1 Å². The fraction of sp³-hybridized carbons (Fsp3) is 0.750. The zero-order valence-electron chi connectivity index (χ0n) is 10.6. The van der Waals surface area contributed by atoms with E-state index in [1.54, 1.807) is 0 Å². The highest BCUT2D eigenvalue weighted by Gasteiger charge is 2.26. The van der Waals surface area contributed by atoms with Crippen LogP contribution in [0.15, 0.2) is 15.2 Å². The molecule has 84 valence electrons. The highest BCUT2D eigenvalue weighted by atomic mass is 15.2. The lowest BCUT2D eigenvalue weighted by atomic mass is 9.95. The monoisotopic (exact) mass is 207 g/mol. The van der Waals surface area contributed by atoms with Gasteiger partial charge in [-0.15, -0.1) is 0 Å². The Morgan fingerprint density at radius 1 is 0.800 bits per heavy atom. The quantitative estimate of drug-likeness (QED) is 0.682. The van der Waals surface area contributed by atoms with Crippen LogP contribution in [0.25, 0.3) is 0 Å². The van der Waals surface area contributed by atoms with E-state index in [9.17, 15) is 0 Å². The molecule has 0 aromatic carbocycles. The molecule has 0 bridgehead atoms. The second-order valence-electron chi connectivity index (χ2n) is 4.85. The first-order valence-corrected chi connectivity index (χ1v) is 5.67. The molecule has 1 heterocycles. The molecule has 15 heavy (non-hydrogen) atoms. The van der Waals surface area contributed by atoms with E-state index in [0.717, 1.165) is 17.1 Å². The fourth-order valence-electron chi connectivity index (χ4n) is 1.50. The third kappa shape index (κ3) is 2.74. The average Bonchev–Trinajstić information content (AvgIpc) is 2.46. The van der Waals surface area contributed by atoms with Crippen LogP contribution in [0.2, 0.25) is 0 Å². The fourth-order valence-corrected chi connectivity index (χ4v) is 1.50. The van der Waals surface area contributed by atoms with E-state index in [4.69, 9.17) is 0 Å². The predicted octanol–water partition coefficient (Wildman–Crippen LogP) is 2.96. The van der Waals surface area contributed by atoms with Crippen molar-refractivity contribution < 1.29 is 0 Å². The molecule has 0 spiro atoms. The second kappa shape index (κ2) is 4.69. The Balaban J connectivity index is 3.02. The van der Waals surface area contributed by atoms with Crippen molar-refractivity contribution in [2.75, 3.05) is 0 Å².